The minimum atomic E-state index is -3.73. The maximum Gasteiger partial charge on any atom is 0.241 e. The van der Waals surface area contributed by atoms with Crippen molar-refractivity contribution in [3.8, 4) is 0 Å². The molecule has 0 aliphatic heterocycles. The average Bonchev–Trinajstić information content (AvgIpc) is 2.44. The van der Waals surface area contributed by atoms with Crippen LogP contribution < -0.4 is 10.0 Å². The monoisotopic (exact) mass is 318 g/mol. The maximum absolute atomic E-state index is 11.9. The smallest absolute Gasteiger partial charge is 0.241 e. The van der Waals surface area contributed by atoms with Crippen molar-refractivity contribution in [2.45, 2.75) is 17.7 Å². The van der Waals surface area contributed by atoms with Crippen LogP contribution in [0.1, 0.15) is 23.2 Å². The number of hydrogen-bond acceptors (Lipinski definition) is 4. The van der Waals surface area contributed by atoms with Crippen molar-refractivity contribution in [2.24, 2.45) is 0 Å². The maximum atomic E-state index is 11.9. The summed E-state index contributed by atoms with van der Waals surface area (Å²) in [7, 11) is -1.000. The largest absolute Gasteiger partial charge is 0.359 e. The molecule has 0 aliphatic rings. The number of halogens is 1. The minimum absolute atomic E-state index is 0.000344. The highest BCUT2D eigenvalue weighted by Gasteiger charge is 2.18. The van der Waals surface area contributed by atoms with Gasteiger partial charge in [-0.15, -0.1) is 0 Å². The third-order valence-electron chi connectivity index (χ3n) is 2.67. The molecule has 0 atom stereocenters. The summed E-state index contributed by atoms with van der Waals surface area (Å²) in [5, 5.41) is 2.44. The van der Waals surface area contributed by atoms with Gasteiger partial charge < -0.3 is 5.32 Å². The molecule has 0 saturated heterocycles. The number of hydrogen-bond donors (Lipinski definition) is 2. The van der Waals surface area contributed by atoms with E-state index in [1.54, 1.807) is 0 Å². The molecule has 0 aliphatic carbocycles. The number of sulfonamides is 1. The van der Waals surface area contributed by atoms with Crippen LogP contribution in [-0.2, 0) is 14.8 Å². The van der Waals surface area contributed by atoms with Gasteiger partial charge in [-0.1, -0.05) is 11.6 Å². The van der Waals surface area contributed by atoms with E-state index in [2.05, 4.69) is 10.0 Å². The van der Waals surface area contributed by atoms with Crippen LogP contribution in [0.15, 0.2) is 23.1 Å². The lowest BCUT2D eigenvalue weighted by atomic mass is 10.1. The van der Waals surface area contributed by atoms with Gasteiger partial charge in [0.05, 0.1) is 5.02 Å². The molecule has 6 nitrogen and oxygen atoms in total. The summed E-state index contributed by atoms with van der Waals surface area (Å²) in [6, 6.07) is 3.99. The van der Waals surface area contributed by atoms with Crippen LogP contribution >= 0.6 is 11.6 Å². The van der Waals surface area contributed by atoms with Gasteiger partial charge in [0, 0.05) is 25.5 Å². The molecule has 8 heteroatoms. The fourth-order valence-electron chi connectivity index (χ4n) is 1.49. The third-order valence-corrected chi connectivity index (χ3v) is 4.57. The lowest BCUT2D eigenvalue weighted by Gasteiger charge is -2.07. The highest BCUT2D eigenvalue weighted by molar-refractivity contribution is 7.89. The number of carbonyl (C=O) groups excluding carboxylic acids is 2. The lowest BCUT2D eigenvalue weighted by Crippen LogP contribution is -2.20. The van der Waals surface area contributed by atoms with E-state index < -0.39 is 10.0 Å². The summed E-state index contributed by atoms with van der Waals surface area (Å²) >= 11 is 5.82. The normalized spacial score (nSPS) is 11.2. The molecule has 1 aromatic rings. The Kier molecular flexibility index (Phi) is 5.67. The summed E-state index contributed by atoms with van der Waals surface area (Å²) in [6.07, 6.45) is 0.0480. The van der Waals surface area contributed by atoms with Crippen LogP contribution in [0, 0.1) is 0 Å². The average molecular weight is 319 g/mol. The van der Waals surface area contributed by atoms with Crippen LogP contribution in [0.25, 0.3) is 0 Å². The molecule has 1 rings (SSSR count). The number of nitrogens with one attached hydrogen (secondary N) is 2. The van der Waals surface area contributed by atoms with E-state index in [4.69, 9.17) is 11.6 Å². The molecule has 0 spiro atoms. The van der Waals surface area contributed by atoms with E-state index in [9.17, 15) is 18.0 Å². The molecule has 110 valence electrons. The number of amides is 1. The van der Waals surface area contributed by atoms with Crippen molar-refractivity contribution in [3.05, 3.63) is 28.8 Å². The van der Waals surface area contributed by atoms with Crippen molar-refractivity contribution in [2.75, 3.05) is 14.1 Å². The Morgan fingerprint density at radius 2 is 1.85 bits per heavy atom. The third kappa shape index (κ3) is 4.03. The second-order valence-electron chi connectivity index (χ2n) is 3.95. The SMILES string of the molecule is CNC(=O)CCC(=O)c1ccc(Cl)c(S(=O)(=O)NC)c1. The molecular formula is C12H15ClN2O4S. The van der Waals surface area contributed by atoms with Gasteiger partial charge in [0.25, 0.3) is 0 Å². The van der Waals surface area contributed by atoms with Gasteiger partial charge >= 0.3 is 0 Å². The Bertz CT molecular complexity index is 628. The predicted molar refractivity (Wildman–Crippen MR) is 75.3 cm³/mol. The van der Waals surface area contributed by atoms with Crippen molar-refractivity contribution >= 4 is 33.3 Å². The number of carbonyl (C=O) groups is 2. The Labute approximate surface area is 122 Å². The van der Waals surface area contributed by atoms with Gasteiger partial charge in [0.1, 0.15) is 4.90 Å². The zero-order valence-corrected chi connectivity index (χ0v) is 12.6. The zero-order chi connectivity index (χ0) is 15.3. The lowest BCUT2D eigenvalue weighted by molar-refractivity contribution is -0.120. The first-order chi connectivity index (χ1) is 9.31. The Morgan fingerprint density at radius 1 is 1.20 bits per heavy atom. The molecule has 1 aromatic carbocycles. The first-order valence-electron chi connectivity index (χ1n) is 5.78. The van der Waals surface area contributed by atoms with E-state index in [1.165, 1.54) is 32.3 Å². The van der Waals surface area contributed by atoms with Crippen LogP contribution in [-0.4, -0.2) is 34.2 Å². The summed E-state index contributed by atoms with van der Waals surface area (Å²) < 4.78 is 25.6. The number of ketones is 1. The van der Waals surface area contributed by atoms with Crippen molar-refractivity contribution < 1.29 is 18.0 Å². The Hall–Kier alpha value is -1.44. The molecule has 0 radical (unpaired) electrons. The quantitative estimate of drug-likeness (QED) is 0.764. The second-order valence-corrected chi connectivity index (χ2v) is 6.21. The molecule has 0 saturated carbocycles. The topological polar surface area (TPSA) is 92.3 Å². The molecule has 0 aromatic heterocycles. The molecule has 0 unspecified atom stereocenters. The van der Waals surface area contributed by atoms with E-state index in [0.29, 0.717) is 0 Å². The molecule has 20 heavy (non-hydrogen) atoms. The van der Waals surface area contributed by atoms with E-state index in [-0.39, 0.29) is 40.0 Å². The van der Waals surface area contributed by atoms with Gasteiger partial charge in [-0.3, -0.25) is 9.59 Å². The van der Waals surface area contributed by atoms with Gasteiger partial charge in [0.15, 0.2) is 5.78 Å². The molecule has 0 fully saturated rings. The zero-order valence-electron chi connectivity index (χ0n) is 11.1. The standard InChI is InChI=1S/C12H15ClN2O4S/c1-14-12(17)6-5-10(16)8-3-4-9(13)11(7-8)20(18,19)15-2/h3-4,7,15H,5-6H2,1-2H3,(H,14,17). The van der Waals surface area contributed by atoms with E-state index in [0.717, 1.165) is 0 Å². The van der Waals surface area contributed by atoms with Crippen LogP contribution in [0.5, 0.6) is 0 Å². The second kappa shape index (κ2) is 6.83. The molecule has 2 N–H and O–H groups in total. The van der Waals surface area contributed by atoms with Crippen LogP contribution in [0.2, 0.25) is 5.02 Å². The molecule has 0 heterocycles. The van der Waals surface area contributed by atoms with Gasteiger partial charge in [-0.25, -0.2) is 13.1 Å². The Balaban J connectivity index is 3.01. The molecule has 1 amide bonds. The van der Waals surface area contributed by atoms with Crippen LogP contribution in [0.4, 0.5) is 0 Å². The number of rotatable bonds is 6. The first kappa shape index (κ1) is 16.6. The highest BCUT2D eigenvalue weighted by Crippen LogP contribution is 2.23. The highest BCUT2D eigenvalue weighted by atomic mass is 35.5. The minimum Gasteiger partial charge on any atom is -0.359 e. The van der Waals surface area contributed by atoms with E-state index in [1.807, 2.05) is 0 Å². The summed E-state index contributed by atoms with van der Waals surface area (Å²) in [6.45, 7) is 0. The Morgan fingerprint density at radius 3 is 2.40 bits per heavy atom. The first-order valence-corrected chi connectivity index (χ1v) is 7.65. The number of benzene rings is 1. The van der Waals surface area contributed by atoms with Crippen molar-refractivity contribution in [1.82, 2.24) is 10.0 Å². The van der Waals surface area contributed by atoms with Gasteiger partial charge in [-0.05, 0) is 25.2 Å². The molecular weight excluding hydrogens is 304 g/mol. The van der Waals surface area contributed by atoms with E-state index >= 15 is 0 Å². The number of Topliss-reactive ketones (excluding diaryl/α,β-unsaturated/α-hetero) is 1. The van der Waals surface area contributed by atoms with Crippen LogP contribution in [0.3, 0.4) is 0 Å². The predicted octanol–water partition coefficient (Wildman–Crippen LogP) is 0.957. The summed E-state index contributed by atoms with van der Waals surface area (Å²) in [4.78, 5) is 22.8. The van der Waals surface area contributed by atoms with Gasteiger partial charge in [0.2, 0.25) is 15.9 Å². The fourth-order valence-corrected chi connectivity index (χ4v) is 2.74. The summed E-state index contributed by atoms with van der Waals surface area (Å²) in [5.41, 5.74) is 0.201. The molecule has 0 bridgehead atoms. The van der Waals surface area contributed by atoms with Crippen molar-refractivity contribution in [3.63, 3.8) is 0 Å². The fraction of sp³-hybridized carbons (Fsp3) is 0.333. The summed E-state index contributed by atoms with van der Waals surface area (Å²) in [5.74, 6) is -0.576. The van der Waals surface area contributed by atoms with Gasteiger partial charge in [-0.2, -0.15) is 0 Å². The van der Waals surface area contributed by atoms with Crippen molar-refractivity contribution in [1.29, 1.82) is 0 Å².